The fourth-order valence-corrected chi connectivity index (χ4v) is 1.71. The van der Waals surface area contributed by atoms with Gasteiger partial charge in [0.15, 0.2) is 0 Å². The number of rotatable bonds is 3. The SMILES string of the molecule is Nc1nc(CC2CCCO2)ncc1C(=O)O. The van der Waals surface area contributed by atoms with Gasteiger partial charge in [0.2, 0.25) is 0 Å². The molecule has 0 spiro atoms. The number of carboxylic acids is 1. The summed E-state index contributed by atoms with van der Waals surface area (Å²) in [6.07, 6.45) is 4.01. The number of carboxylic acid groups (broad SMARTS) is 1. The van der Waals surface area contributed by atoms with Crippen molar-refractivity contribution in [3.63, 3.8) is 0 Å². The van der Waals surface area contributed by atoms with Gasteiger partial charge in [0.05, 0.1) is 6.10 Å². The zero-order chi connectivity index (χ0) is 11.5. The molecule has 1 unspecified atom stereocenters. The largest absolute Gasteiger partial charge is 0.477 e. The molecule has 1 aromatic rings. The van der Waals surface area contributed by atoms with Crippen molar-refractivity contribution < 1.29 is 14.6 Å². The van der Waals surface area contributed by atoms with E-state index < -0.39 is 5.97 Å². The van der Waals surface area contributed by atoms with Crippen LogP contribution in [0.5, 0.6) is 0 Å². The van der Waals surface area contributed by atoms with Crippen LogP contribution in [0, 0.1) is 0 Å². The summed E-state index contributed by atoms with van der Waals surface area (Å²) in [5, 5.41) is 8.76. The molecule has 1 atom stereocenters. The van der Waals surface area contributed by atoms with E-state index in [1.54, 1.807) is 0 Å². The van der Waals surface area contributed by atoms with E-state index in [1.165, 1.54) is 6.20 Å². The van der Waals surface area contributed by atoms with E-state index in [1.807, 2.05) is 0 Å². The van der Waals surface area contributed by atoms with Crippen LogP contribution >= 0.6 is 0 Å². The lowest BCUT2D eigenvalue weighted by atomic mass is 10.2. The van der Waals surface area contributed by atoms with Crippen molar-refractivity contribution in [3.05, 3.63) is 17.6 Å². The minimum atomic E-state index is -1.11. The number of ether oxygens (including phenoxy) is 1. The molecule has 2 heterocycles. The van der Waals surface area contributed by atoms with Crippen molar-refractivity contribution in [1.29, 1.82) is 0 Å². The van der Waals surface area contributed by atoms with Crippen LogP contribution in [0.15, 0.2) is 6.20 Å². The van der Waals surface area contributed by atoms with Crippen LogP contribution < -0.4 is 5.73 Å². The van der Waals surface area contributed by atoms with Crippen LogP contribution in [-0.2, 0) is 11.2 Å². The molecule has 1 fully saturated rings. The number of hydrogen-bond donors (Lipinski definition) is 2. The molecule has 6 heteroatoms. The maximum absolute atomic E-state index is 10.7. The van der Waals surface area contributed by atoms with Gasteiger partial charge in [0.1, 0.15) is 17.2 Å². The van der Waals surface area contributed by atoms with E-state index in [-0.39, 0.29) is 17.5 Å². The highest BCUT2D eigenvalue weighted by Crippen LogP contribution is 2.16. The molecule has 2 rings (SSSR count). The van der Waals surface area contributed by atoms with E-state index in [0.29, 0.717) is 12.2 Å². The molecule has 86 valence electrons. The van der Waals surface area contributed by atoms with E-state index >= 15 is 0 Å². The molecule has 0 aliphatic carbocycles. The van der Waals surface area contributed by atoms with Gasteiger partial charge in [-0.05, 0) is 12.8 Å². The highest BCUT2D eigenvalue weighted by atomic mass is 16.5. The first kappa shape index (κ1) is 10.8. The summed E-state index contributed by atoms with van der Waals surface area (Å²) < 4.78 is 5.44. The highest BCUT2D eigenvalue weighted by Gasteiger charge is 2.18. The molecule has 0 saturated carbocycles. The Morgan fingerprint density at radius 3 is 3.06 bits per heavy atom. The Bertz CT molecular complexity index is 402. The molecule has 1 saturated heterocycles. The van der Waals surface area contributed by atoms with Gasteiger partial charge in [-0.15, -0.1) is 0 Å². The Labute approximate surface area is 92.5 Å². The number of aromatic carboxylic acids is 1. The summed E-state index contributed by atoms with van der Waals surface area (Å²) in [7, 11) is 0. The van der Waals surface area contributed by atoms with Crippen LogP contribution in [0.4, 0.5) is 5.82 Å². The van der Waals surface area contributed by atoms with Gasteiger partial charge in [0, 0.05) is 19.2 Å². The van der Waals surface area contributed by atoms with Crippen LogP contribution in [0.1, 0.15) is 29.0 Å². The van der Waals surface area contributed by atoms with Gasteiger partial charge >= 0.3 is 5.97 Å². The summed E-state index contributed by atoms with van der Waals surface area (Å²) in [6, 6.07) is 0. The molecule has 0 amide bonds. The van der Waals surface area contributed by atoms with E-state index in [2.05, 4.69) is 9.97 Å². The molecular weight excluding hydrogens is 210 g/mol. The molecule has 0 bridgehead atoms. The average molecular weight is 223 g/mol. The number of nitrogens with zero attached hydrogens (tertiary/aromatic N) is 2. The molecule has 1 aliphatic heterocycles. The zero-order valence-corrected chi connectivity index (χ0v) is 8.72. The predicted molar refractivity (Wildman–Crippen MR) is 56.1 cm³/mol. The summed E-state index contributed by atoms with van der Waals surface area (Å²) in [4.78, 5) is 18.6. The van der Waals surface area contributed by atoms with Crippen LogP contribution in [0.2, 0.25) is 0 Å². The highest BCUT2D eigenvalue weighted by molar-refractivity contribution is 5.92. The second-order valence-electron chi connectivity index (χ2n) is 3.73. The fourth-order valence-electron chi connectivity index (χ4n) is 1.71. The number of aromatic nitrogens is 2. The van der Waals surface area contributed by atoms with Crippen molar-refractivity contribution >= 4 is 11.8 Å². The van der Waals surface area contributed by atoms with Gasteiger partial charge in [-0.1, -0.05) is 0 Å². The third kappa shape index (κ3) is 2.27. The first-order chi connectivity index (χ1) is 7.66. The quantitative estimate of drug-likeness (QED) is 0.773. The first-order valence-electron chi connectivity index (χ1n) is 5.13. The maximum atomic E-state index is 10.7. The topological polar surface area (TPSA) is 98.3 Å². The predicted octanol–water partition coefficient (Wildman–Crippen LogP) is 0.478. The molecule has 16 heavy (non-hydrogen) atoms. The molecule has 1 aliphatic rings. The molecular formula is C10H13N3O3. The molecule has 3 N–H and O–H groups in total. The second kappa shape index (κ2) is 4.44. The number of carbonyl (C=O) groups is 1. The van der Waals surface area contributed by atoms with E-state index in [4.69, 9.17) is 15.6 Å². The molecule has 6 nitrogen and oxygen atoms in total. The van der Waals surface area contributed by atoms with Gasteiger partial charge in [-0.2, -0.15) is 0 Å². The third-order valence-corrected chi connectivity index (χ3v) is 2.53. The lowest BCUT2D eigenvalue weighted by Gasteiger charge is -2.08. The smallest absolute Gasteiger partial charge is 0.341 e. The number of hydrogen-bond acceptors (Lipinski definition) is 5. The van der Waals surface area contributed by atoms with Gasteiger partial charge in [-0.3, -0.25) is 0 Å². The van der Waals surface area contributed by atoms with Crippen LogP contribution in [-0.4, -0.2) is 33.8 Å². The van der Waals surface area contributed by atoms with Crippen molar-refractivity contribution in [2.24, 2.45) is 0 Å². The molecule has 0 aromatic carbocycles. The van der Waals surface area contributed by atoms with Gasteiger partial charge in [0.25, 0.3) is 0 Å². The van der Waals surface area contributed by atoms with Crippen molar-refractivity contribution in [1.82, 2.24) is 9.97 Å². The Hall–Kier alpha value is -1.69. The minimum absolute atomic E-state index is 0.00972. The van der Waals surface area contributed by atoms with Gasteiger partial charge < -0.3 is 15.6 Å². The Balaban J connectivity index is 2.11. The van der Waals surface area contributed by atoms with Crippen LogP contribution in [0.3, 0.4) is 0 Å². The standard InChI is InChI=1S/C10H13N3O3/c11-9-7(10(14)15)5-12-8(13-9)4-6-2-1-3-16-6/h5-6H,1-4H2,(H,14,15)(H2,11,12,13). The number of nitrogen functional groups attached to an aromatic ring is 1. The Kier molecular flexibility index (Phi) is 3.00. The van der Waals surface area contributed by atoms with E-state index in [0.717, 1.165) is 19.4 Å². The Morgan fingerprint density at radius 2 is 2.50 bits per heavy atom. The summed E-state index contributed by atoms with van der Waals surface area (Å²) in [5.74, 6) is -0.564. The average Bonchev–Trinajstić information content (AvgIpc) is 2.70. The second-order valence-corrected chi connectivity index (χ2v) is 3.73. The third-order valence-electron chi connectivity index (χ3n) is 2.53. The van der Waals surface area contributed by atoms with Crippen molar-refractivity contribution in [2.75, 3.05) is 12.3 Å². The summed E-state index contributed by atoms with van der Waals surface area (Å²) in [6.45, 7) is 0.771. The monoisotopic (exact) mass is 223 g/mol. The van der Waals surface area contributed by atoms with Crippen molar-refractivity contribution in [3.8, 4) is 0 Å². The summed E-state index contributed by atoms with van der Waals surface area (Å²) in [5.41, 5.74) is 5.46. The fraction of sp³-hybridized carbons (Fsp3) is 0.500. The zero-order valence-electron chi connectivity index (χ0n) is 8.72. The first-order valence-corrected chi connectivity index (χ1v) is 5.13. The van der Waals surface area contributed by atoms with Gasteiger partial charge in [-0.25, -0.2) is 14.8 Å². The number of nitrogens with two attached hydrogens (primary N) is 1. The Morgan fingerprint density at radius 1 is 1.69 bits per heavy atom. The van der Waals surface area contributed by atoms with E-state index in [9.17, 15) is 4.79 Å². The number of anilines is 1. The lowest BCUT2D eigenvalue weighted by molar-refractivity contribution is 0.0697. The van der Waals surface area contributed by atoms with Crippen molar-refractivity contribution in [2.45, 2.75) is 25.4 Å². The lowest BCUT2D eigenvalue weighted by Crippen LogP contribution is -2.14. The molecule has 0 radical (unpaired) electrons. The molecule has 1 aromatic heterocycles. The summed E-state index contributed by atoms with van der Waals surface area (Å²) >= 11 is 0. The van der Waals surface area contributed by atoms with Crippen LogP contribution in [0.25, 0.3) is 0 Å². The minimum Gasteiger partial charge on any atom is -0.477 e. The maximum Gasteiger partial charge on any atom is 0.341 e. The normalized spacial score (nSPS) is 19.9.